The summed E-state index contributed by atoms with van der Waals surface area (Å²) in [4.78, 5) is 13.8. The Morgan fingerprint density at radius 1 is 1.29 bits per heavy atom. The zero-order chi connectivity index (χ0) is 12.7. The molecule has 0 aromatic carbocycles. The van der Waals surface area contributed by atoms with E-state index in [0.29, 0.717) is 18.6 Å². The first-order valence-corrected chi connectivity index (χ1v) is 7.18. The Morgan fingerprint density at radius 3 is 2.53 bits per heavy atom. The SMILES string of the molecule is CCCCC(CCC)NCC(=O)N(C)C1CC1. The average Bonchev–Trinajstić information content (AvgIpc) is 3.15. The Balaban J connectivity index is 2.21. The zero-order valence-electron chi connectivity index (χ0n) is 11.7. The van der Waals surface area contributed by atoms with Gasteiger partial charge in [0.2, 0.25) is 5.91 Å². The van der Waals surface area contributed by atoms with E-state index in [1.807, 2.05) is 11.9 Å². The third-order valence-corrected chi connectivity index (χ3v) is 3.57. The van der Waals surface area contributed by atoms with E-state index in [4.69, 9.17) is 0 Å². The van der Waals surface area contributed by atoms with Gasteiger partial charge in [0.25, 0.3) is 0 Å². The molecule has 17 heavy (non-hydrogen) atoms. The highest BCUT2D eigenvalue weighted by Crippen LogP contribution is 2.25. The molecule has 0 radical (unpaired) electrons. The van der Waals surface area contributed by atoms with Crippen molar-refractivity contribution in [3.63, 3.8) is 0 Å². The standard InChI is InChI=1S/C14H28N2O/c1-4-6-8-12(7-5-2)15-11-14(17)16(3)13-9-10-13/h12-13,15H,4-11H2,1-3H3. The van der Waals surface area contributed by atoms with Gasteiger partial charge >= 0.3 is 0 Å². The highest BCUT2D eigenvalue weighted by molar-refractivity contribution is 5.78. The van der Waals surface area contributed by atoms with Gasteiger partial charge in [-0.1, -0.05) is 33.1 Å². The fourth-order valence-corrected chi connectivity index (χ4v) is 2.17. The van der Waals surface area contributed by atoms with Crippen molar-refractivity contribution in [2.45, 2.75) is 70.9 Å². The molecule has 100 valence electrons. The minimum atomic E-state index is 0.255. The second kappa shape index (κ2) is 7.70. The fraction of sp³-hybridized carbons (Fsp3) is 0.929. The molecule has 0 heterocycles. The summed E-state index contributed by atoms with van der Waals surface area (Å²) < 4.78 is 0. The predicted molar refractivity (Wildman–Crippen MR) is 72.0 cm³/mol. The third-order valence-electron chi connectivity index (χ3n) is 3.57. The molecule has 1 saturated carbocycles. The van der Waals surface area contributed by atoms with Crippen LogP contribution in [0.25, 0.3) is 0 Å². The monoisotopic (exact) mass is 240 g/mol. The second-order valence-electron chi connectivity index (χ2n) is 5.24. The first kappa shape index (κ1) is 14.5. The Hall–Kier alpha value is -0.570. The van der Waals surface area contributed by atoms with Gasteiger partial charge in [0.1, 0.15) is 0 Å². The van der Waals surface area contributed by atoms with Gasteiger partial charge in [-0.25, -0.2) is 0 Å². The van der Waals surface area contributed by atoms with Crippen LogP contribution < -0.4 is 5.32 Å². The number of nitrogens with one attached hydrogen (secondary N) is 1. The molecule has 0 saturated heterocycles. The number of rotatable bonds is 9. The second-order valence-corrected chi connectivity index (χ2v) is 5.24. The van der Waals surface area contributed by atoms with E-state index in [1.54, 1.807) is 0 Å². The highest BCUT2D eigenvalue weighted by atomic mass is 16.2. The first-order chi connectivity index (χ1) is 8.19. The summed E-state index contributed by atoms with van der Waals surface area (Å²) in [6.45, 7) is 4.94. The normalized spacial score (nSPS) is 16.9. The topological polar surface area (TPSA) is 32.3 Å². The molecule has 3 nitrogen and oxygen atoms in total. The molecule has 1 unspecified atom stereocenters. The lowest BCUT2D eigenvalue weighted by Gasteiger charge is -2.21. The van der Waals surface area contributed by atoms with Crippen molar-refractivity contribution in [3.05, 3.63) is 0 Å². The van der Waals surface area contributed by atoms with Gasteiger partial charge in [-0.3, -0.25) is 4.79 Å². The molecule has 0 bridgehead atoms. The number of hydrogen-bond donors (Lipinski definition) is 1. The van der Waals surface area contributed by atoms with E-state index < -0.39 is 0 Å². The number of unbranched alkanes of at least 4 members (excludes halogenated alkanes) is 1. The quantitative estimate of drug-likeness (QED) is 0.672. The number of carbonyl (C=O) groups excluding carboxylic acids is 1. The Morgan fingerprint density at radius 2 is 2.00 bits per heavy atom. The molecular weight excluding hydrogens is 212 g/mol. The van der Waals surface area contributed by atoms with E-state index in [2.05, 4.69) is 19.2 Å². The number of carbonyl (C=O) groups is 1. The minimum Gasteiger partial charge on any atom is -0.342 e. The summed E-state index contributed by atoms with van der Waals surface area (Å²) in [5.41, 5.74) is 0. The molecule has 1 N–H and O–H groups in total. The van der Waals surface area contributed by atoms with Crippen LogP contribution in [0.15, 0.2) is 0 Å². The Bertz CT molecular complexity index is 226. The van der Waals surface area contributed by atoms with E-state index in [-0.39, 0.29) is 5.91 Å². The fourth-order valence-electron chi connectivity index (χ4n) is 2.17. The van der Waals surface area contributed by atoms with Crippen molar-refractivity contribution in [2.24, 2.45) is 0 Å². The van der Waals surface area contributed by atoms with Gasteiger partial charge in [-0.2, -0.15) is 0 Å². The molecule has 0 aliphatic heterocycles. The van der Waals surface area contributed by atoms with Crippen molar-refractivity contribution < 1.29 is 4.79 Å². The smallest absolute Gasteiger partial charge is 0.236 e. The van der Waals surface area contributed by atoms with Crippen LogP contribution in [0.1, 0.15) is 58.8 Å². The van der Waals surface area contributed by atoms with Crippen molar-refractivity contribution in [2.75, 3.05) is 13.6 Å². The predicted octanol–water partition coefficient (Wildman–Crippen LogP) is 2.56. The van der Waals surface area contributed by atoms with Crippen LogP contribution in [0.4, 0.5) is 0 Å². The van der Waals surface area contributed by atoms with E-state index >= 15 is 0 Å². The summed E-state index contributed by atoms with van der Waals surface area (Å²) in [6.07, 6.45) is 8.44. The van der Waals surface area contributed by atoms with Gasteiger partial charge in [0.15, 0.2) is 0 Å². The number of hydrogen-bond acceptors (Lipinski definition) is 2. The first-order valence-electron chi connectivity index (χ1n) is 7.18. The largest absolute Gasteiger partial charge is 0.342 e. The van der Waals surface area contributed by atoms with Crippen LogP contribution in [0.5, 0.6) is 0 Å². The van der Waals surface area contributed by atoms with E-state index in [9.17, 15) is 4.79 Å². The number of amides is 1. The lowest BCUT2D eigenvalue weighted by Crippen LogP contribution is -2.40. The third kappa shape index (κ3) is 5.53. The van der Waals surface area contributed by atoms with Crippen molar-refractivity contribution in [3.8, 4) is 0 Å². The molecule has 1 atom stereocenters. The minimum absolute atomic E-state index is 0.255. The van der Waals surface area contributed by atoms with Crippen molar-refractivity contribution in [1.82, 2.24) is 10.2 Å². The van der Waals surface area contributed by atoms with Crippen molar-refractivity contribution in [1.29, 1.82) is 0 Å². The van der Waals surface area contributed by atoms with Crippen LogP contribution in [0.2, 0.25) is 0 Å². The molecular formula is C14H28N2O. The Kier molecular flexibility index (Phi) is 6.56. The maximum atomic E-state index is 11.9. The van der Waals surface area contributed by atoms with Crippen LogP contribution in [-0.2, 0) is 4.79 Å². The van der Waals surface area contributed by atoms with Crippen LogP contribution >= 0.6 is 0 Å². The molecule has 1 aliphatic rings. The Labute approximate surface area is 106 Å². The van der Waals surface area contributed by atoms with Crippen LogP contribution in [0.3, 0.4) is 0 Å². The molecule has 3 heteroatoms. The number of likely N-dealkylation sites (N-methyl/N-ethyl adjacent to an activating group) is 1. The molecule has 1 amide bonds. The molecule has 1 fully saturated rings. The van der Waals surface area contributed by atoms with Gasteiger partial charge in [-0.05, 0) is 25.7 Å². The summed E-state index contributed by atoms with van der Waals surface area (Å²) >= 11 is 0. The average molecular weight is 240 g/mol. The lowest BCUT2D eigenvalue weighted by molar-refractivity contribution is -0.129. The zero-order valence-corrected chi connectivity index (χ0v) is 11.7. The lowest BCUT2D eigenvalue weighted by atomic mass is 10.1. The summed E-state index contributed by atoms with van der Waals surface area (Å²) in [5, 5.41) is 3.43. The molecule has 0 aromatic rings. The van der Waals surface area contributed by atoms with Crippen molar-refractivity contribution >= 4 is 5.91 Å². The maximum Gasteiger partial charge on any atom is 0.236 e. The van der Waals surface area contributed by atoms with Gasteiger partial charge < -0.3 is 10.2 Å². The molecule has 1 rings (SSSR count). The summed E-state index contributed by atoms with van der Waals surface area (Å²) in [7, 11) is 1.93. The van der Waals surface area contributed by atoms with Gasteiger partial charge in [0.05, 0.1) is 6.54 Å². The number of nitrogens with zero attached hydrogens (tertiary/aromatic N) is 1. The van der Waals surface area contributed by atoms with Gasteiger partial charge in [-0.15, -0.1) is 0 Å². The molecule has 0 spiro atoms. The van der Waals surface area contributed by atoms with E-state index in [1.165, 1.54) is 44.9 Å². The van der Waals surface area contributed by atoms with E-state index in [0.717, 1.165) is 0 Å². The summed E-state index contributed by atoms with van der Waals surface area (Å²) in [5.74, 6) is 0.255. The van der Waals surface area contributed by atoms with Crippen LogP contribution in [-0.4, -0.2) is 36.5 Å². The highest BCUT2D eigenvalue weighted by Gasteiger charge is 2.29. The summed E-state index contributed by atoms with van der Waals surface area (Å²) in [6, 6.07) is 1.06. The van der Waals surface area contributed by atoms with Crippen LogP contribution in [0, 0.1) is 0 Å². The molecule has 1 aliphatic carbocycles. The van der Waals surface area contributed by atoms with Gasteiger partial charge in [0, 0.05) is 19.1 Å². The maximum absolute atomic E-state index is 11.9. The molecule has 0 aromatic heterocycles.